The van der Waals surface area contributed by atoms with E-state index in [2.05, 4.69) is 10.6 Å². The van der Waals surface area contributed by atoms with Crippen molar-refractivity contribution in [3.63, 3.8) is 0 Å². The van der Waals surface area contributed by atoms with Gasteiger partial charge >= 0.3 is 5.97 Å². The SMILES string of the molecule is CC(C)C[C@H](NC(=O)c1ccc(C(=O)N(C(C)C)C(C)C)cc1NC(C)C)C(=O)O. The molecule has 3 N–H and O–H groups in total. The summed E-state index contributed by atoms with van der Waals surface area (Å²) in [6.45, 7) is 15.5. The number of carboxylic acids is 1. The van der Waals surface area contributed by atoms with Gasteiger partial charge in [0.15, 0.2) is 0 Å². The van der Waals surface area contributed by atoms with E-state index in [-0.39, 0.29) is 30.0 Å². The minimum Gasteiger partial charge on any atom is -0.480 e. The molecule has 1 aromatic rings. The van der Waals surface area contributed by atoms with Gasteiger partial charge in [-0.15, -0.1) is 0 Å². The monoisotopic (exact) mass is 419 g/mol. The van der Waals surface area contributed by atoms with Gasteiger partial charge in [-0.05, 0) is 72.1 Å². The van der Waals surface area contributed by atoms with Crippen molar-refractivity contribution >= 4 is 23.5 Å². The average Bonchev–Trinajstić information content (AvgIpc) is 2.59. The lowest BCUT2D eigenvalue weighted by Gasteiger charge is -2.31. The number of carboxylic acid groups (broad SMARTS) is 1. The van der Waals surface area contributed by atoms with Crippen molar-refractivity contribution in [3.8, 4) is 0 Å². The number of hydrogen-bond donors (Lipinski definition) is 3. The van der Waals surface area contributed by atoms with E-state index >= 15 is 0 Å². The quantitative estimate of drug-likeness (QED) is 0.532. The van der Waals surface area contributed by atoms with Crippen molar-refractivity contribution in [2.45, 2.75) is 86.0 Å². The Morgan fingerprint density at radius 1 is 0.967 bits per heavy atom. The molecule has 0 fully saturated rings. The molecule has 0 saturated carbocycles. The Balaban J connectivity index is 3.29. The second-order valence-electron chi connectivity index (χ2n) is 8.95. The number of aliphatic carboxylic acids is 1. The first-order valence-electron chi connectivity index (χ1n) is 10.6. The minimum absolute atomic E-state index is 0.0270. The van der Waals surface area contributed by atoms with Gasteiger partial charge in [-0.1, -0.05) is 13.8 Å². The number of amides is 2. The lowest BCUT2D eigenvalue weighted by molar-refractivity contribution is -0.139. The topological polar surface area (TPSA) is 98.7 Å². The number of rotatable bonds is 10. The summed E-state index contributed by atoms with van der Waals surface area (Å²) in [6, 6.07) is 4.01. The van der Waals surface area contributed by atoms with Crippen LogP contribution in [-0.4, -0.2) is 52.0 Å². The highest BCUT2D eigenvalue weighted by Gasteiger charge is 2.26. The van der Waals surface area contributed by atoms with Crippen molar-refractivity contribution in [1.29, 1.82) is 0 Å². The Morgan fingerprint density at radius 2 is 1.53 bits per heavy atom. The van der Waals surface area contributed by atoms with E-state index in [0.717, 1.165) is 0 Å². The van der Waals surface area contributed by atoms with Crippen LogP contribution < -0.4 is 10.6 Å². The van der Waals surface area contributed by atoms with Crippen LogP contribution in [-0.2, 0) is 4.79 Å². The summed E-state index contributed by atoms with van der Waals surface area (Å²) in [5.74, 6) is -1.53. The highest BCUT2D eigenvalue weighted by molar-refractivity contribution is 6.04. The van der Waals surface area contributed by atoms with Crippen LogP contribution in [0.15, 0.2) is 18.2 Å². The molecule has 0 aliphatic heterocycles. The second kappa shape index (κ2) is 11.0. The third-order valence-electron chi connectivity index (χ3n) is 4.61. The lowest BCUT2D eigenvalue weighted by Crippen LogP contribution is -2.42. The molecule has 0 spiro atoms. The van der Waals surface area contributed by atoms with E-state index in [0.29, 0.717) is 23.2 Å². The van der Waals surface area contributed by atoms with Crippen LogP contribution in [0.5, 0.6) is 0 Å². The molecule has 7 heteroatoms. The van der Waals surface area contributed by atoms with E-state index in [1.165, 1.54) is 0 Å². The van der Waals surface area contributed by atoms with Crippen molar-refractivity contribution in [2.75, 3.05) is 5.32 Å². The van der Waals surface area contributed by atoms with E-state index in [4.69, 9.17) is 0 Å². The molecule has 1 rings (SSSR count). The summed E-state index contributed by atoms with van der Waals surface area (Å²) in [6.07, 6.45) is 0.336. The molecule has 1 aromatic carbocycles. The number of nitrogens with zero attached hydrogens (tertiary/aromatic N) is 1. The van der Waals surface area contributed by atoms with Crippen molar-refractivity contribution < 1.29 is 19.5 Å². The number of hydrogen-bond acceptors (Lipinski definition) is 4. The predicted octanol–water partition coefficient (Wildman–Crippen LogP) is 4.00. The van der Waals surface area contributed by atoms with E-state index in [1.807, 2.05) is 55.4 Å². The van der Waals surface area contributed by atoms with Crippen molar-refractivity contribution in [1.82, 2.24) is 10.2 Å². The summed E-state index contributed by atoms with van der Waals surface area (Å²) >= 11 is 0. The van der Waals surface area contributed by atoms with Crippen LogP contribution >= 0.6 is 0 Å². The third kappa shape index (κ3) is 7.04. The highest BCUT2D eigenvalue weighted by atomic mass is 16.4. The van der Waals surface area contributed by atoms with Gasteiger partial charge < -0.3 is 20.6 Å². The molecule has 1 atom stereocenters. The van der Waals surface area contributed by atoms with Crippen LogP contribution in [0.1, 0.15) is 82.5 Å². The molecule has 0 radical (unpaired) electrons. The van der Waals surface area contributed by atoms with Crippen LogP contribution in [0.25, 0.3) is 0 Å². The van der Waals surface area contributed by atoms with Gasteiger partial charge in [-0.3, -0.25) is 9.59 Å². The molecule has 30 heavy (non-hydrogen) atoms. The first kappa shape index (κ1) is 25.5. The van der Waals surface area contributed by atoms with E-state index < -0.39 is 17.9 Å². The average molecular weight is 420 g/mol. The maximum Gasteiger partial charge on any atom is 0.326 e. The van der Waals surface area contributed by atoms with Gasteiger partial charge in [0.2, 0.25) is 0 Å². The van der Waals surface area contributed by atoms with Gasteiger partial charge in [-0.2, -0.15) is 0 Å². The maximum absolute atomic E-state index is 13.1. The zero-order valence-corrected chi connectivity index (χ0v) is 19.4. The molecule has 0 aliphatic carbocycles. The zero-order chi connectivity index (χ0) is 23.2. The maximum atomic E-state index is 13.1. The first-order valence-corrected chi connectivity index (χ1v) is 10.6. The van der Waals surface area contributed by atoms with E-state index in [1.54, 1.807) is 23.1 Å². The highest BCUT2D eigenvalue weighted by Crippen LogP contribution is 2.22. The minimum atomic E-state index is -1.06. The van der Waals surface area contributed by atoms with Gasteiger partial charge in [0.25, 0.3) is 11.8 Å². The fourth-order valence-electron chi connectivity index (χ4n) is 3.45. The van der Waals surface area contributed by atoms with Crippen LogP contribution in [0.3, 0.4) is 0 Å². The third-order valence-corrected chi connectivity index (χ3v) is 4.61. The van der Waals surface area contributed by atoms with E-state index in [9.17, 15) is 19.5 Å². The smallest absolute Gasteiger partial charge is 0.326 e. The number of carbonyl (C=O) groups excluding carboxylic acids is 2. The molecule has 0 bridgehead atoms. The number of anilines is 1. The summed E-state index contributed by atoms with van der Waals surface area (Å²) in [5.41, 5.74) is 1.31. The van der Waals surface area contributed by atoms with Crippen molar-refractivity contribution in [3.05, 3.63) is 29.3 Å². The molecule has 0 aliphatic rings. The molecule has 7 nitrogen and oxygen atoms in total. The number of carbonyl (C=O) groups is 3. The summed E-state index contributed by atoms with van der Waals surface area (Å²) in [5, 5.41) is 15.3. The lowest BCUT2D eigenvalue weighted by atomic mass is 10.0. The summed E-state index contributed by atoms with van der Waals surface area (Å²) in [4.78, 5) is 39.2. The number of nitrogens with one attached hydrogen (secondary N) is 2. The molecule has 0 heterocycles. The Hall–Kier alpha value is -2.57. The molecule has 168 valence electrons. The zero-order valence-electron chi connectivity index (χ0n) is 19.4. The van der Waals surface area contributed by atoms with Gasteiger partial charge in [0.1, 0.15) is 6.04 Å². The fraction of sp³-hybridized carbons (Fsp3) is 0.609. The summed E-state index contributed by atoms with van der Waals surface area (Å²) < 4.78 is 0. The Bertz CT molecular complexity index is 749. The Kier molecular flexibility index (Phi) is 9.33. The first-order chi connectivity index (χ1) is 13.8. The second-order valence-corrected chi connectivity index (χ2v) is 8.95. The normalized spacial score (nSPS) is 12.4. The molecular weight excluding hydrogens is 382 g/mol. The Labute approximate surface area is 180 Å². The number of benzene rings is 1. The largest absolute Gasteiger partial charge is 0.480 e. The standard InChI is InChI=1S/C23H37N3O4/c1-13(2)11-20(23(29)30)25-21(27)18-10-9-17(12-19(18)24-14(3)4)22(28)26(15(5)6)16(7)8/h9-10,12-16,20,24H,11H2,1-8H3,(H,25,27)(H,29,30)/t20-/m0/s1. The van der Waals surface area contributed by atoms with Gasteiger partial charge in [0, 0.05) is 29.4 Å². The molecular formula is C23H37N3O4. The van der Waals surface area contributed by atoms with Gasteiger partial charge in [0.05, 0.1) is 5.56 Å². The van der Waals surface area contributed by atoms with Crippen LogP contribution in [0, 0.1) is 5.92 Å². The molecule has 2 amide bonds. The predicted molar refractivity (Wildman–Crippen MR) is 120 cm³/mol. The summed E-state index contributed by atoms with van der Waals surface area (Å²) in [7, 11) is 0. The Morgan fingerprint density at radius 3 is 1.97 bits per heavy atom. The molecule has 0 aromatic heterocycles. The fourth-order valence-corrected chi connectivity index (χ4v) is 3.45. The molecule has 0 unspecified atom stereocenters. The van der Waals surface area contributed by atoms with Crippen LogP contribution in [0.2, 0.25) is 0 Å². The van der Waals surface area contributed by atoms with Crippen LogP contribution in [0.4, 0.5) is 5.69 Å². The van der Waals surface area contributed by atoms with Gasteiger partial charge in [-0.25, -0.2) is 4.79 Å². The molecule has 0 saturated heterocycles. The van der Waals surface area contributed by atoms with Crippen molar-refractivity contribution in [2.24, 2.45) is 5.92 Å².